The van der Waals surface area contributed by atoms with E-state index < -0.39 is 5.97 Å². The highest BCUT2D eigenvalue weighted by Gasteiger charge is 2.26. The van der Waals surface area contributed by atoms with Crippen molar-refractivity contribution in [3.63, 3.8) is 0 Å². The van der Waals surface area contributed by atoms with E-state index in [4.69, 9.17) is 19.3 Å². The topological polar surface area (TPSA) is 74.9 Å². The zero-order valence-corrected chi connectivity index (χ0v) is 18.7. The normalized spacial score (nSPS) is 14.3. The van der Waals surface area contributed by atoms with Gasteiger partial charge in [0, 0.05) is 17.3 Å². The summed E-state index contributed by atoms with van der Waals surface area (Å²) in [4.78, 5) is 18.1. The third-order valence-corrected chi connectivity index (χ3v) is 5.94. The van der Waals surface area contributed by atoms with Crippen LogP contribution in [-0.2, 0) is 9.53 Å². The SMILES string of the molecule is COc1ccc(C2=N/C(=C/c3cn(-c4ccccc4)nc3-c3cccs3)C(=O)O2)cc1OC. The standard InChI is InChI=1S/C25H19N3O4S/c1-30-20-11-10-16(14-21(20)31-2)24-26-19(25(29)32-24)13-17-15-28(18-7-4-3-5-8-18)27-23(17)22-9-6-12-33-22/h3-15H,1-2H3/b19-13+. The van der Waals surface area contributed by atoms with Crippen molar-refractivity contribution in [1.29, 1.82) is 0 Å². The Morgan fingerprint density at radius 1 is 1.00 bits per heavy atom. The average molecular weight is 458 g/mol. The maximum atomic E-state index is 12.6. The number of rotatable bonds is 6. The van der Waals surface area contributed by atoms with Crippen molar-refractivity contribution in [2.75, 3.05) is 14.2 Å². The molecule has 0 radical (unpaired) electrons. The van der Waals surface area contributed by atoms with E-state index in [9.17, 15) is 4.79 Å². The number of hydrogen-bond acceptors (Lipinski definition) is 7. The largest absolute Gasteiger partial charge is 0.493 e. The minimum Gasteiger partial charge on any atom is -0.493 e. The number of benzene rings is 2. The van der Waals surface area contributed by atoms with E-state index in [0.717, 1.165) is 21.8 Å². The van der Waals surface area contributed by atoms with Crippen LogP contribution in [0.25, 0.3) is 22.3 Å². The second-order valence-electron chi connectivity index (χ2n) is 7.10. The molecule has 5 rings (SSSR count). The van der Waals surface area contributed by atoms with Crippen LogP contribution in [0.5, 0.6) is 11.5 Å². The van der Waals surface area contributed by atoms with Gasteiger partial charge in [0.1, 0.15) is 5.69 Å². The first-order valence-corrected chi connectivity index (χ1v) is 11.0. The lowest BCUT2D eigenvalue weighted by Crippen LogP contribution is -2.06. The number of carbonyl (C=O) groups excluding carboxylic acids is 1. The zero-order chi connectivity index (χ0) is 22.8. The zero-order valence-electron chi connectivity index (χ0n) is 17.9. The van der Waals surface area contributed by atoms with E-state index in [1.807, 2.05) is 54.0 Å². The van der Waals surface area contributed by atoms with Crippen LogP contribution in [0.1, 0.15) is 11.1 Å². The van der Waals surface area contributed by atoms with E-state index in [2.05, 4.69) is 4.99 Å². The van der Waals surface area contributed by atoms with Crippen LogP contribution >= 0.6 is 11.3 Å². The minimum absolute atomic E-state index is 0.199. The highest BCUT2D eigenvalue weighted by molar-refractivity contribution is 7.13. The molecule has 0 unspecified atom stereocenters. The Morgan fingerprint density at radius 2 is 1.82 bits per heavy atom. The molecule has 0 aliphatic carbocycles. The highest BCUT2D eigenvalue weighted by Crippen LogP contribution is 2.32. The van der Waals surface area contributed by atoms with Crippen molar-refractivity contribution >= 4 is 29.3 Å². The number of aliphatic imine (C=N–C) groups is 1. The molecule has 33 heavy (non-hydrogen) atoms. The lowest BCUT2D eigenvalue weighted by molar-refractivity contribution is -0.129. The smallest absolute Gasteiger partial charge is 0.363 e. The molecule has 0 bridgehead atoms. The Morgan fingerprint density at radius 3 is 2.55 bits per heavy atom. The molecule has 2 aromatic carbocycles. The molecular formula is C25H19N3O4S. The summed E-state index contributed by atoms with van der Waals surface area (Å²) in [7, 11) is 3.11. The fourth-order valence-corrected chi connectivity index (χ4v) is 4.19. The molecule has 0 fully saturated rings. The highest BCUT2D eigenvalue weighted by atomic mass is 32.1. The van der Waals surface area contributed by atoms with E-state index >= 15 is 0 Å². The first kappa shape index (κ1) is 20.7. The van der Waals surface area contributed by atoms with Crippen molar-refractivity contribution < 1.29 is 19.0 Å². The fourth-order valence-electron chi connectivity index (χ4n) is 3.46. The number of aromatic nitrogens is 2. The summed E-state index contributed by atoms with van der Waals surface area (Å²) in [6, 6.07) is 19.0. The molecule has 1 aliphatic rings. The Kier molecular flexibility index (Phi) is 5.50. The summed E-state index contributed by atoms with van der Waals surface area (Å²) in [5.41, 5.74) is 3.27. The molecule has 0 saturated heterocycles. The van der Waals surface area contributed by atoms with Crippen molar-refractivity contribution in [2.45, 2.75) is 0 Å². The number of thiophene rings is 1. The monoisotopic (exact) mass is 457 g/mol. The van der Waals surface area contributed by atoms with Gasteiger partial charge in [-0.05, 0) is 47.9 Å². The lowest BCUT2D eigenvalue weighted by atomic mass is 10.2. The van der Waals surface area contributed by atoms with Gasteiger partial charge in [-0.15, -0.1) is 11.3 Å². The van der Waals surface area contributed by atoms with Gasteiger partial charge in [-0.25, -0.2) is 14.5 Å². The second-order valence-corrected chi connectivity index (χ2v) is 8.04. The molecule has 1 aliphatic heterocycles. The van der Waals surface area contributed by atoms with Gasteiger partial charge in [-0.1, -0.05) is 24.3 Å². The van der Waals surface area contributed by atoms with Crippen LogP contribution < -0.4 is 9.47 Å². The minimum atomic E-state index is -0.524. The van der Waals surface area contributed by atoms with Crippen LogP contribution in [0, 0.1) is 0 Å². The van der Waals surface area contributed by atoms with E-state index in [1.54, 1.807) is 54.5 Å². The number of carbonyl (C=O) groups is 1. The lowest BCUT2D eigenvalue weighted by Gasteiger charge is -2.08. The van der Waals surface area contributed by atoms with Gasteiger partial charge in [0.2, 0.25) is 5.90 Å². The number of cyclic esters (lactones) is 1. The Balaban J connectivity index is 1.55. The van der Waals surface area contributed by atoms with Gasteiger partial charge in [-0.2, -0.15) is 5.10 Å². The molecular weight excluding hydrogens is 438 g/mol. The Labute approximate surface area is 194 Å². The Bertz CT molecular complexity index is 1370. The van der Waals surface area contributed by atoms with Gasteiger partial charge in [0.05, 0.1) is 24.8 Å². The van der Waals surface area contributed by atoms with Crippen molar-refractivity contribution in [2.24, 2.45) is 4.99 Å². The molecule has 0 atom stereocenters. The van der Waals surface area contributed by atoms with E-state index in [0.29, 0.717) is 17.1 Å². The van der Waals surface area contributed by atoms with Gasteiger partial charge >= 0.3 is 5.97 Å². The predicted octanol–water partition coefficient (Wildman–Crippen LogP) is 4.96. The number of methoxy groups -OCH3 is 2. The van der Waals surface area contributed by atoms with Crippen molar-refractivity contribution in [3.05, 3.63) is 89.1 Å². The van der Waals surface area contributed by atoms with Crippen molar-refractivity contribution in [1.82, 2.24) is 9.78 Å². The first-order valence-electron chi connectivity index (χ1n) is 10.1. The Hall–Kier alpha value is -4.17. The molecule has 7 nitrogen and oxygen atoms in total. The quantitative estimate of drug-likeness (QED) is 0.302. The number of para-hydroxylation sites is 1. The molecule has 164 valence electrons. The third kappa shape index (κ3) is 4.04. The summed E-state index contributed by atoms with van der Waals surface area (Å²) in [6.07, 6.45) is 3.59. The van der Waals surface area contributed by atoms with Crippen LogP contribution in [0.3, 0.4) is 0 Å². The van der Waals surface area contributed by atoms with Crippen molar-refractivity contribution in [3.8, 4) is 27.8 Å². The van der Waals surface area contributed by atoms with Crippen LogP contribution in [0.2, 0.25) is 0 Å². The number of ether oxygens (including phenoxy) is 3. The van der Waals surface area contributed by atoms with Crippen LogP contribution in [-0.4, -0.2) is 35.9 Å². The summed E-state index contributed by atoms with van der Waals surface area (Å²) in [5.74, 6) is 0.788. The average Bonchev–Trinajstić information content (AvgIpc) is 3.60. The maximum absolute atomic E-state index is 12.6. The van der Waals surface area contributed by atoms with E-state index in [1.165, 1.54) is 0 Å². The third-order valence-electron chi connectivity index (χ3n) is 5.06. The summed E-state index contributed by atoms with van der Waals surface area (Å²) >= 11 is 1.58. The molecule has 0 amide bonds. The van der Waals surface area contributed by atoms with Gasteiger partial charge in [0.15, 0.2) is 17.2 Å². The predicted molar refractivity (Wildman–Crippen MR) is 127 cm³/mol. The fraction of sp³-hybridized carbons (Fsp3) is 0.0800. The summed E-state index contributed by atoms with van der Waals surface area (Å²) in [5, 5.41) is 6.75. The summed E-state index contributed by atoms with van der Waals surface area (Å²) < 4.78 is 17.9. The molecule has 0 N–H and O–H groups in total. The van der Waals surface area contributed by atoms with Crippen LogP contribution in [0.15, 0.2) is 82.9 Å². The number of esters is 1. The molecule has 0 spiro atoms. The maximum Gasteiger partial charge on any atom is 0.363 e. The van der Waals surface area contributed by atoms with Gasteiger partial charge < -0.3 is 14.2 Å². The van der Waals surface area contributed by atoms with Crippen LogP contribution in [0.4, 0.5) is 0 Å². The number of nitrogens with zero attached hydrogens (tertiary/aromatic N) is 3. The molecule has 3 heterocycles. The molecule has 4 aromatic rings. The van der Waals surface area contributed by atoms with Gasteiger partial charge in [-0.3, -0.25) is 0 Å². The first-order chi connectivity index (χ1) is 16.2. The molecule has 2 aromatic heterocycles. The van der Waals surface area contributed by atoms with E-state index in [-0.39, 0.29) is 11.6 Å². The molecule has 8 heteroatoms. The van der Waals surface area contributed by atoms with Gasteiger partial charge in [0.25, 0.3) is 0 Å². The summed E-state index contributed by atoms with van der Waals surface area (Å²) in [6.45, 7) is 0. The second kappa shape index (κ2) is 8.76. The number of hydrogen-bond donors (Lipinski definition) is 0. The molecule has 0 saturated carbocycles.